The summed E-state index contributed by atoms with van der Waals surface area (Å²) in [5.74, 6) is -1.07. The van der Waals surface area contributed by atoms with Crippen LogP contribution in [-0.2, 0) is 12.8 Å². The molecule has 0 aliphatic heterocycles. The normalized spacial score (nSPS) is 11.8. The van der Waals surface area contributed by atoms with Gasteiger partial charge in [0.25, 0.3) is 0 Å². The van der Waals surface area contributed by atoms with Gasteiger partial charge in [-0.2, -0.15) is 5.26 Å². The summed E-state index contributed by atoms with van der Waals surface area (Å²) in [7, 11) is 0. The van der Waals surface area contributed by atoms with Crippen molar-refractivity contribution < 1.29 is 8.78 Å². The summed E-state index contributed by atoms with van der Waals surface area (Å²) in [6, 6.07) is 16.1. The van der Waals surface area contributed by atoms with Crippen molar-refractivity contribution in [2.45, 2.75) is 39.0 Å². The average molecular weight is 373 g/mol. The number of aryl methyl sites for hydroxylation is 1. The molecule has 4 rings (SSSR count). The van der Waals surface area contributed by atoms with Gasteiger partial charge in [-0.1, -0.05) is 50.1 Å². The monoisotopic (exact) mass is 373 g/mol. The first-order valence-electron chi connectivity index (χ1n) is 9.76. The average Bonchev–Trinajstić information content (AvgIpc) is 3.07. The van der Waals surface area contributed by atoms with Crippen LogP contribution in [0.3, 0.4) is 0 Å². The van der Waals surface area contributed by atoms with Gasteiger partial charge in [0.05, 0.1) is 17.2 Å². The van der Waals surface area contributed by atoms with Gasteiger partial charge >= 0.3 is 0 Å². The van der Waals surface area contributed by atoms with Crippen LogP contribution in [0.2, 0.25) is 0 Å². The summed E-state index contributed by atoms with van der Waals surface area (Å²) < 4.78 is 30.2. The number of hydrogen-bond acceptors (Lipinski definition) is 1. The van der Waals surface area contributed by atoms with E-state index in [0.29, 0.717) is 28.7 Å². The van der Waals surface area contributed by atoms with Gasteiger partial charge in [-0.15, -0.1) is 0 Å². The summed E-state index contributed by atoms with van der Waals surface area (Å²) in [6.45, 7) is 2.18. The zero-order valence-electron chi connectivity index (χ0n) is 15.9. The Morgan fingerprint density at radius 2 is 1.75 bits per heavy atom. The van der Waals surface area contributed by atoms with Gasteiger partial charge in [-0.05, 0) is 58.9 Å². The van der Waals surface area contributed by atoms with Crippen molar-refractivity contribution in [3.8, 4) is 28.3 Å². The van der Waals surface area contributed by atoms with E-state index >= 15 is 4.39 Å². The molecule has 28 heavy (non-hydrogen) atoms. The zero-order valence-corrected chi connectivity index (χ0v) is 15.9. The third kappa shape index (κ3) is 3.20. The van der Waals surface area contributed by atoms with E-state index < -0.39 is 11.6 Å². The van der Waals surface area contributed by atoms with Crippen LogP contribution in [0, 0.1) is 23.0 Å². The Hall–Kier alpha value is -2.99. The maximum atomic E-state index is 15.3. The van der Waals surface area contributed by atoms with Crippen LogP contribution >= 0.6 is 0 Å². The Labute approximate surface area is 164 Å². The third-order valence-corrected chi connectivity index (χ3v) is 5.52. The number of nitriles is 1. The smallest absolute Gasteiger partial charge is 0.138 e. The van der Waals surface area contributed by atoms with Gasteiger partial charge in [-0.25, -0.2) is 8.78 Å². The van der Waals surface area contributed by atoms with Gasteiger partial charge in [0, 0.05) is 12.0 Å². The molecule has 0 fully saturated rings. The second-order valence-corrected chi connectivity index (χ2v) is 7.39. The SMILES string of the molecule is CCCCCc1ccc2c(c1)Cc1c-2cc(F)c(-c2ccc(C#N)cc2)c1F. The maximum absolute atomic E-state index is 15.3. The molecule has 0 bridgehead atoms. The van der Waals surface area contributed by atoms with E-state index in [1.54, 1.807) is 24.3 Å². The molecule has 0 heterocycles. The van der Waals surface area contributed by atoms with Crippen molar-refractivity contribution in [3.05, 3.63) is 82.4 Å². The Morgan fingerprint density at radius 3 is 2.46 bits per heavy atom. The zero-order chi connectivity index (χ0) is 19.7. The quantitative estimate of drug-likeness (QED) is 0.353. The molecule has 0 unspecified atom stereocenters. The number of unbranched alkanes of at least 4 members (excludes halogenated alkanes) is 2. The number of hydrogen-bond donors (Lipinski definition) is 0. The molecular weight excluding hydrogens is 352 g/mol. The van der Waals surface area contributed by atoms with E-state index in [4.69, 9.17) is 5.26 Å². The number of rotatable bonds is 5. The van der Waals surface area contributed by atoms with Crippen molar-refractivity contribution >= 4 is 0 Å². The molecule has 1 aliphatic carbocycles. The van der Waals surface area contributed by atoms with E-state index in [1.165, 1.54) is 24.5 Å². The molecular formula is C25H21F2N. The van der Waals surface area contributed by atoms with E-state index in [0.717, 1.165) is 24.0 Å². The van der Waals surface area contributed by atoms with Gasteiger partial charge in [0.1, 0.15) is 11.6 Å². The van der Waals surface area contributed by atoms with Crippen molar-refractivity contribution in [1.82, 2.24) is 0 Å². The lowest BCUT2D eigenvalue weighted by molar-refractivity contribution is 0.583. The van der Waals surface area contributed by atoms with Crippen molar-refractivity contribution in [2.75, 3.05) is 0 Å². The lowest BCUT2D eigenvalue weighted by Crippen LogP contribution is -1.97. The first-order valence-corrected chi connectivity index (χ1v) is 9.76. The highest BCUT2D eigenvalue weighted by atomic mass is 19.1. The van der Waals surface area contributed by atoms with Crippen LogP contribution in [-0.4, -0.2) is 0 Å². The minimum atomic E-state index is -0.569. The Bertz CT molecular complexity index is 1080. The minimum Gasteiger partial charge on any atom is -0.206 e. The molecule has 1 aliphatic rings. The first-order chi connectivity index (χ1) is 13.6. The fourth-order valence-electron chi connectivity index (χ4n) is 4.03. The molecule has 140 valence electrons. The fourth-order valence-corrected chi connectivity index (χ4v) is 4.03. The van der Waals surface area contributed by atoms with Crippen LogP contribution in [0.25, 0.3) is 22.3 Å². The van der Waals surface area contributed by atoms with Crippen molar-refractivity contribution in [3.63, 3.8) is 0 Å². The minimum absolute atomic E-state index is 0.0146. The first kappa shape index (κ1) is 18.4. The topological polar surface area (TPSA) is 23.8 Å². The molecule has 0 saturated heterocycles. The molecule has 0 spiro atoms. The van der Waals surface area contributed by atoms with Gasteiger partial charge in [0.2, 0.25) is 0 Å². The number of fused-ring (bicyclic) bond motifs is 3. The highest BCUT2D eigenvalue weighted by Crippen LogP contribution is 2.42. The fraction of sp³-hybridized carbons (Fsp3) is 0.240. The van der Waals surface area contributed by atoms with Gasteiger partial charge in [0.15, 0.2) is 0 Å². The molecule has 0 saturated carbocycles. The lowest BCUT2D eigenvalue weighted by atomic mass is 9.96. The predicted molar refractivity (Wildman–Crippen MR) is 108 cm³/mol. The Morgan fingerprint density at radius 1 is 0.964 bits per heavy atom. The number of halogens is 2. The summed E-state index contributed by atoms with van der Waals surface area (Å²) in [5, 5.41) is 8.93. The standard InChI is InChI=1S/C25H21F2N/c1-2-3-4-5-16-8-11-20-19(12-16)13-22-21(20)14-23(26)24(25(22)27)18-9-6-17(15-28)7-10-18/h6-12,14H,2-5,13H2,1H3. The van der Waals surface area contributed by atoms with E-state index in [9.17, 15) is 4.39 Å². The molecule has 0 radical (unpaired) electrons. The highest BCUT2D eigenvalue weighted by molar-refractivity contribution is 5.81. The van der Waals surface area contributed by atoms with E-state index in [2.05, 4.69) is 19.1 Å². The Balaban J connectivity index is 1.71. The maximum Gasteiger partial charge on any atom is 0.138 e. The molecule has 0 atom stereocenters. The Kier molecular flexibility index (Phi) is 4.96. The molecule has 3 heteroatoms. The van der Waals surface area contributed by atoms with Crippen molar-refractivity contribution in [1.29, 1.82) is 5.26 Å². The molecule has 3 aromatic rings. The molecule has 1 nitrogen and oxygen atoms in total. The third-order valence-electron chi connectivity index (χ3n) is 5.52. The molecule has 0 amide bonds. The van der Waals surface area contributed by atoms with Crippen LogP contribution in [0.1, 0.15) is 48.4 Å². The summed E-state index contributed by atoms with van der Waals surface area (Å²) in [6.07, 6.45) is 5.03. The summed E-state index contributed by atoms with van der Waals surface area (Å²) in [4.78, 5) is 0. The van der Waals surface area contributed by atoms with Crippen LogP contribution in [0.5, 0.6) is 0 Å². The second-order valence-electron chi connectivity index (χ2n) is 7.39. The molecule has 0 N–H and O–H groups in total. The van der Waals surface area contributed by atoms with Crippen LogP contribution < -0.4 is 0 Å². The molecule has 3 aromatic carbocycles. The van der Waals surface area contributed by atoms with Gasteiger partial charge in [-0.3, -0.25) is 0 Å². The second kappa shape index (κ2) is 7.56. The van der Waals surface area contributed by atoms with Crippen molar-refractivity contribution in [2.24, 2.45) is 0 Å². The lowest BCUT2D eigenvalue weighted by Gasteiger charge is -2.10. The van der Waals surface area contributed by atoms with E-state index in [1.807, 2.05) is 12.1 Å². The highest BCUT2D eigenvalue weighted by Gasteiger charge is 2.27. The molecule has 0 aromatic heterocycles. The van der Waals surface area contributed by atoms with Crippen LogP contribution in [0.4, 0.5) is 8.78 Å². The number of benzene rings is 3. The van der Waals surface area contributed by atoms with E-state index in [-0.39, 0.29) is 5.56 Å². The van der Waals surface area contributed by atoms with Crippen LogP contribution in [0.15, 0.2) is 48.5 Å². The number of nitrogens with zero attached hydrogens (tertiary/aromatic N) is 1. The summed E-state index contributed by atoms with van der Waals surface area (Å²) in [5.41, 5.74) is 5.37. The predicted octanol–water partition coefficient (Wildman–Crippen LogP) is 6.81. The summed E-state index contributed by atoms with van der Waals surface area (Å²) >= 11 is 0. The largest absolute Gasteiger partial charge is 0.206 e. The van der Waals surface area contributed by atoms with Gasteiger partial charge < -0.3 is 0 Å².